The van der Waals surface area contributed by atoms with Gasteiger partial charge in [0, 0.05) is 18.7 Å². The van der Waals surface area contributed by atoms with Crippen LogP contribution in [-0.2, 0) is 4.79 Å². The van der Waals surface area contributed by atoms with E-state index in [1.807, 2.05) is 11.8 Å². The van der Waals surface area contributed by atoms with Gasteiger partial charge in [0.05, 0.1) is 6.54 Å². The van der Waals surface area contributed by atoms with E-state index < -0.39 is 0 Å². The zero-order valence-electron chi connectivity index (χ0n) is 8.54. The van der Waals surface area contributed by atoms with Crippen LogP contribution >= 0.6 is 12.2 Å². The Bertz CT molecular complexity index is 277. The second kappa shape index (κ2) is 4.41. The summed E-state index contributed by atoms with van der Waals surface area (Å²) in [6.07, 6.45) is 0. The molecule has 0 radical (unpaired) electrons. The Hall–Kier alpha value is -1.10. The zero-order valence-corrected chi connectivity index (χ0v) is 9.36. The van der Waals surface area contributed by atoms with Crippen molar-refractivity contribution in [1.82, 2.24) is 15.3 Å². The fourth-order valence-electron chi connectivity index (χ4n) is 1.20. The van der Waals surface area contributed by atoms with Gasteiger partial charge in [-0.3, -0.25) is 15.2 Å². The minimum atomic E-state index is -0.176. The lowest BCUT2D eigenvalue weighted by Crippen LogP contribution is -2.44. The number of hydrogen-bond acceptors (Lipinski definition) is 2. The largest absolute Gasteiger partial charge is 0.346 e. The molecule has 1 saturated heterocycles. The molecule has 0 bridgehead atoms. The Morgan fingerprint density at radius 1 is 1.64 bits per heavy atom. The quantitative estimate of drug-likeness (QED) is 0.547. The van der Waals surface area contributed by atoms with Gasteiger partial charge in [-0.05, 0) is 26.1 Å². The first-order chi connectivity index (χ1) is 6.56. The summed E-state index contributed by atoms with van der Waals surface area (Å²) in [7, 11) is 0. The van der Waals surface area contributed by atoms with Crippen molar-refractivity contribution in [3.8, 4) is 0 Å². The Morgan fingerprint density at radius 2 is 2.29 bits per heavy atom. The van der Waals surface area contributed by atoms with Crippen molar-refractivity contribution in [3.05, 3.63) is 12.2 Å². The third-order valence-corrected chi connectivity index (χ3v) is 2.58. The van der Waals surface area contributed by atoms with Crippen molar-refractivity contribution in [2.45, 2.75) is 13.8 Å². The van der Waals surface area contributed by atoms with Crippen LogP contribution in [-0.4, -0.2) is 40.6 Å². The van der Waals surface area contributed by atoms with E-state index in [0.29, 0.717) is 10.7 Å². The van der Waals surface area contributed by atoms with Gasteiger partial charge in [0.1, 0.15) is 0 Å². The molecule has 0 atom stereocenters. The Balaban J connectivity index is 2.52. The van der Waals surface area contributed by atoms with Crippen LogP contribution in [0.3, 0.4) is 0 Å². The number of rotatable bonds is 3. The average molecular weight is 213 g/mol. The molecule has 1 aliphatic rings. The molecule has 1 heterocycles. The van der Waals surface area contributed by atoms with Gasteiger partial charge >= 0.3 is 0 Å². The van der Waals surface area contributed by atoms with Gasteiger partial charge in [-0.25, -0.2) is 0 Å². The molecule has 0 saturated carbocycles. The maximum Gasteiger partial charge on any atom is 0.264 e. The number of nitrogens with one attached hydrogen (secondary N) is 1. The van der Waals surface area contributed by atoms with Crippen LogP contribution in [0.1, 0.15) is 13.8 Å². The Morgan fingerprint density at radius 3 is 2.71 bits per heavy atom. The summed E-state index contributed by atoms with van der Waals surface area (Å²) in [6.45, 7) is 9.76. The molecular formula is C9H15N3OS. The van der Waals surface area contributed by atoms with Gasteiger partial charge < -0.3 is 4.90 Å². The highest BCUT2D eigenvalue weighted by Gasteiger charge is 2.24. The molecule has 78 valence electrons. The average Bonchev–Trinajstić information content (AvgIpc) is 2.47. The number of amides is 1. The van der Waals surface area contributed by atoms with Crippen LogP contribution in [0, 0.1) is 0 Å². The fraction of sp³-hybridized carbons (Fsp3) is 0.556. The number of likely N-dealkylation sites (N-methyl/N-ethyl adjacent to an activating group) is 1. The Kier molecular flexibility index (Phi) is 3.46. The molecule has 1 N–H and O–H groups in total. The van der Waals surface area contributed by atoms with E-state index in [9.17, 15) is 4.79 Å². The summed E-state index contributed by atoms with van der Waals surface area (Å²) in [5, 5.41) is 2.37. The predicted octanol–water partition coefficient (Wildman–Crippen LogP) is 0.516. The van der Waals surface area contributed by atoms with Crippen molar-refractivity contribution in [2.75, 3.05) is 19.6 Å². The number of carbonyl (C=O) groups excluding carboxylic acids is 1. The molecule has 14 heavy (non-hydrogen) atoms. The fourth-order valence-corrected chi connectivity index (χ4v) is 1.56. The summed E-state index contributed by atoms with van der Waals surface area (Å²) < 4.78 is 0. The van der Waals surface area contributed by atoms with Gasteiger partial charge in [0.15, 0.2) is 5.11 Å². The normalized spacial score (nSPS) is 16.0. The molecule has 0 aromatic heterocycles. The van der Waals surface area contributed by atoms with Crippen molar-refractivity contribution in [2.24, 2.45) is 0 Å². The molecule has 1 rings (SSSR count). The van der Waals surface area contributed by atoms with E-state index in [1.54, 1.807) is 11.9 Å². The molecule has 4 nitrogen and oxygen atoms in total. The Labute approximate surface area is 89.5 Å². The first kappa shape index (κ1) is 11.0. The smallest absolute Gasteiger partial charge is 0.264 e. The summed E-state index contributed by atoms with van der Waals surface area (Å²) in [5.74, 6) is -0.176. The second-order valence-electron chi connectivity index (χ2n) is 3.24. The summed E-state index contributed by atoms with van der Waals surface area (Å²) >= 11 is 5.17. The van der Waals surface area contributed by atoms with Crippen molar-refractivity contribution in [1.29, 1.82) is 0 Å². The highest BCUT2D eigenvalue weighted by Crippen LogP contribution is 2.06. The third-order valence-electron chi connectivity index (χ3n) is 2.10. The van der Waals surface area contributed by atoms with Crippen LogP contribution < -0.4 is 5.43 Å². The van der Waals surface area contributed by atoms with Crippen LogP contribution in [0.5, 0.6) is 0 Å². The molecule has 0 unspecified atom stereocenters. The monoisotopic (exact) mass is 213 g/mol. The molecule has 1 aliphatic heterocycles. The lowest BCUT2D eigenvalue weighted by molar-refractivity contribution is -0.120. The summed E-state index contributed by atoms with van der Waals surface area (Å²) in [6, 6.07) is 0. The van der Waals surface area contributed by atoms with E-state index in [0.717, 1.165) is 19.6 Å². The minimum Gasteiger partial charge on any atom is -0.346 e. The van der Waals surface area contributed by atoms with Crippen LogP contribution in [0.2, 0.25) is 0 Å². The van der Waals surface area contributed by atoms with E-state index in [4.69, 9.17) is 12.2 Å². The van der Waals surface area contributed by atoms with E-state index in [2.05, 4.69) is 12.0 Å². The van der Waals surface area contributed by atoms with Crippen molar-refractivity contribution < 1.29 is 4.79 Å². The molecule has 0 spiro atoms. The summed E-state index contributed by atoms with van der Waals surface area (Å²) in [5.41, 5.74) is 3.19. The topological polar surface area (TPSA) is 35.6 Å². The third kappa shape index (κ3) is 2.23. The molecule has 0 aromatic carbocycles. The number of hydrazine groups is 1. The second-order valence-corrected chi connectivity index (χ2v) is 3.60. The van der Waals surface area contributed by atoms with Crippen LogP contribution in [0.4, 0.5) is 0 Å². The van der Waals surface area contributed by atoms with Gasteiger partial charge in [-0.1, -0.05) is 6.58 Å². The first-order valence-electron chi connectivity index (χ1n) is 4.59. The molecule has 5 heteroatoms. The van der Waals surface area contributed by atoms with Crippen molar-refractivity contribution in [3.63, 3.8) is 0 Å². The SMILES string of the molecule is C=C(C)C(=O)NN1CCN(CC)C1=S. The molecule has 0 aromatic rings. The van der Waals surface area contributed by atoms with Gasteiger partial charge in [-0.15, -0.1) is 0 Å². The van der Waals surface area contributed by atoms with Crippen LogP contribution in [0.25, 0.3) is 0 Å². The lowest BCUT2D eigenvalue weighted by atomic mass is 10.3. The maximum absolute atomic E-state index is 11.3. The number of nitrogens with zero attached hydrogens (tertiary/aromatic N) is 2. The van der Waals surface area contributed by atoms with Gasteiger partial charge in [0.25, 0.3) is 5.91 Å². The van der Waals surface area contributed by atoms with Gasteiger partial charge in [0.2, 0.25) is 0 Å². The first-order valence-corrected chi connectivity index (χ1v) is 5.00. The molecule has 0 aliphatic carbocycles. The van der Waals surface area contributed by atoms with E-state index in [1.165, 1.54) is 0 Å². The molecule has 1 fully saturated rings. The number of thiocarbonyl (C=S) groups is 1. The lowest BCUT2D eigenvalue weighted by Gasteiger charge is -2.21. The molecular weight excluding hydrogens is 198 g/mol. The summed E-state index contributed by atoms with van der Waals surface area (Å²) in [4.78, 5) is 13.3. The van der Waals surface area contributed by atoms with E-state index in [-0.39, 0.29) is 5.91 Å². The zero-order chi connectivity index (χ0) is 10.7. The minimum absolute atomic E-state index is 0.176. The van der Waals surface area contributed by atoms with E-state index >= 15 is 0 Å². The number of hydrogen-bond donors (Lipinski definition) is 1. The molecule has 1 amide bonds. The highest BCUT2D eigenvalue weighted by atomic mass is 32.1. The standard InChI is InChI=1S/C9H15N3OS/c1-4-11-5-6-12(9(11)14)10-8(13)7(2)3/h2,4-6H2,1,3H3,(H,10,13). The number of carbonyl (C=O) groups is 1. The van der Waals surface area contributed by atoms with Crippen molar-refractivity contribution >= 4 is 23.2 Å². The maximum atomic E-state index is 11.3. The van der Waals surface area contributed by atoms with Gasteiger partial charge in [-0.2, -0.15) is 0 Å². The highest BCUT2D eigenvalue weighted by molar-refractivity contribution is 7.80. The van der Waals surface area contributed by atoms with Crippen LogP contribution in [0.15, 0.2) is 12.2 Å². The predicted molar refractivity (Wildman–Crippen MR) is 59.5 cm³/mol.